The van der Waals surface area contributed by atoms with Gasteiger partial charge in [-0.3, -0.25) is 18.6 Å². The molecule has 0 saturated carbocycles. The van der Waals surface area contributed by atoms with Crippen LogP contribution in [0.1, 0.15) is 86.6 Å². The number of aromatic hydroxyl groups is 4. The number of anilines is 1. The third kappa shape index (κ3) is 9.63. The first-order chi connectivity index (χ1) is 27.6. The second-order valence-corrected chi connectivity index (χ2v) is 19.0. The van der Waals surface area contributed by atoms with Crippen molar-refractivity contribution in [2.75, 3.05) is 11.3 Å². The molecule has 0 aromatic heterocycles. The first-order valence-electron chi connectivity index (χ1n) is 18.4. The molecule has 1 amide bonds. The topological polar surface area (TPSA) is 265 Å². The lowest BCUT2D eigenvalue weighted by Gasteiger charge is -2.19. The fraction of sp³-hybridized carbons (Fsp3) is 0.244. The van der Waals surface area contributed by atoms with Gasteiger partial charge in [-0.2, -0.15) is 16.8 Å². The molecule has 0 radical (unpaired) electrons. The number of unbranched alkanes of at least 4 members (excludes halogenated alkanes) is 2. The molecule has 5 aromatic rings. The Kier molecular flexibility index (Phi) is 12.0. The number of hydrogen-bond donors (Lipinski definition) is 8. The summed E-state index contributed by atoms with van der Waals surface area (Å²) < 4.78 is 100. The van der Waals surface area contributed by atoms with E-state index in [0.29, 0.717) is 12.1 Å². The standard InChI is InChI=1S/C41H42N2O13S3/c1-3-4-5-10-42-41(48)24-6-8-34(9-7-24)57(49,50)43-33-17-27-15-31-21-35(58(51,52)53)19-29(39(31)46)13-25-11-23(2)12-26(37(25)44)14-30-20-36(59(54,55)56)22-32(40(30)47)16-28(18-33)38(27)45/h6-9,11-12,17-22,43-47H,3-5,10,13-16H2,1-2H3,(H,42,48)(H,51,52,53)(H,54,55,56). The molecular weight excluding hydrogens is 825 g/mol. The van der Waals surface area contributed by atoms with Gasteiger partial charge in [-0.05, 0) is 85.1 Å². The van der Waals surface area contributed by atoms with Crippen molar-refractivity contribution in [1.82, 2.24) is 5.32 Å². The lowest BCUT2D eigenvalue weighted by Crippen LogP contribution is -2.24. The van der Waals surface area contributed by atoms with Crippen LogP contribution >= 0.6 is 0 Å². The summed E-state index contributed by atoms with van der Waals surface area (Å²) in [5, 5.41) is 49.0. The molecule has 0 saturated heterocycles. The first kappa shape index (κ1) is 42.9. The van der Waals surface area contributed by atoms with Gasteiger partial charge in [0.25, 0.3) is 36.2 Å². The van der Waals surface area contributed by atoms with Gasteiger partial charge in [0.1, 0.15) is 23.0 Å². The molecule has 0 atom stereocenters. The van der Waals surface area contributed by atoms with Crippen molar-refractivity contribution in [3.8, 4) is 23.0 Å². The van der Waals surface area contributed by atoms with Gasteiger partial charge in [-0.25, -0.2) is 8.42 Å². The predicted molar refractivity (Wildman–Crippen MR) is 217 cm³/mol. The zero-order chi connectivity index (χ0) is 43.0. The Morgan fingerprint density at radius 2 is 0.932 bits per heavy atom. The van der Waals surface area contributed by atoms with E-state index in [-0.39, 0.29) is 85.2 Å². The predicted octanol–water partition coefficient (Wildman–Crippen LogP) is 5.71. The molecule has 0 heterocycles. The molecule has 1 aliphatic rings. The fourth-order valence-corrected chi connectivity index (χ4v) is 9.29. The maximum absolute atomic E-state index is 13.7. The van der Waals surface area contributed by atoms with Gasteiger partial charge in [0.15, 0.2) is 0 Å². The second-order valence-electron chi connectivity index (χ2n) is 14.5. The molecule has 8 bridgehead atoms. The van der Waals surface area contributed by atoms with Gasteiger partial charge in [0.05, 0.1) is 14.7 Å². The van der Waals surface area contributed by atoms with Crippen LogP contribution in [-0.4, -0.2) is 67.2 Å². The van der Waals surface area contributed by atoms with E-state index in [9.17, 15) is 59.6 Å². The third-order valence-corrected chi connectivity index (χ3v) is 13.1. The minimum absolute atomic E-state index is 0.0535. The molecule has 1 aliphatic carbocycles. The van der Waals surface area contributed by atoms with E-state index in [1.165, 1.54) is 36.4 Å². The highest BCUT2D eigenvalue weighted by Crippen LogP contribution is 2.40. The molecule has 0 fully saturated rings. The third-order valence-electron chi connectivity index (χ3n) is 10.0. The highest BCUT2D eigenvalue weighted by molar-refractivity contribution is 7.92. The zero-order valence-electron chi connectivity index (χ0n) is 31.9. The Morgan fingerprint density at radius 1 is 0.559 bits per heavy atom. The smallest absolute Gasteiger partial charge is 0.294 e. The average Bonchev–Trinajstić information content (AvgIpc) is 3.15. The van der Waals surface area contributed by atoms with Crippen molar-refractivity contribution in [2.24, 2.45) is 0 Å². The van der Waals surface area contributed by atoms with Crippen LogP contribution in [0.4, 0.5) is 5.69 Å². The van der Waals surface area contributed by atoms with E-state index < -0.39 is 70.1 Å². The number of hydrogen-bond acceptors (Lipinski definition) is 11. The van der Waals surface area contributed by atoms with Crippen LogP contribution in [0.25, 0.3) is 0 Å². The number of carbonyl (C=O) groups is 1. The average molecular weight is 867 g/mol. The summed E-state index contributed by atoms with van der Waals surface area (Å²) in [5.41, 5.74) is 0.523. The number of aryl methyl sites for hydroxylation is 1. The normalized spacial score (nSPS) is 13.2. The number of rotatable bonds is 10. The van der Waals surface area contributed by atoms with E-state index in [4.69, 9.17) is 0 Å². The fourth-order valence-electron chi connectivity index (χ4n) is 7.08. The summed E-state index contributed by atoms with van der Waals surface area (Å²) in [5.74, 6) is -2.11. The van der Waals surface area contributed by atoms with E-state index in [1.807, 2.05) is 6.92 Å². The van der Waals surface area contributed by atoms with Crippen LogP contribution in [0.2, 0.25) is 0 Å². The van der Waals surface area contributed by atoms with E-state index in [1.54, 1.807) is 19.1 Å². The van der Waals surface area contributed by atoms with E-state index in [2.05, 4.69) is 10.0 Å². The molecule has 0 unspecified atom stereocenters. The lowest BCUT2D eigenvalue weighted by atomic mass is 9.90. The number of nitrogens with one attached hydrogen (secondary N) is 2. The minimum atomic E-state index is -4.88. The van der Waals surface area contributed by atoms with Gasteiger partial charge in [0, 0.05) is 76.9 Å². The van der Waals surface area contributed by atoms with Crippen LogP contribution in [-0.2, 0) is 55.9 Å². The quantitative estimate of drug-likeness (QED) is 0.0467. The summed E-state index contributed by atoms with van der Waals surface area (Å²) in [6.45, 7) is 4.17. The van der Waals surface area contributed by atoms with Crippen LogP contribution in [0.3, 0.4) is 0 Å². The highest BCUT2D eigenvalue weighted by Gasteiger charge is 2.25. The van der Waals surface area contributed by atoms with Gasteiger partial charge < -0.3 is 25.7 Å². The number of phenolic OH excluding ortho intramolecular Hbond substituents is 4. The Morgan fingerprint density at radius 3 is 1.31 bits per heavy atom. The Bertz CT molecular complexity index is 2690. The highest BCUT2D eigenvalue weighted by atomic mass is 32.2. The van der Waals surface area contributed by atoms with Gasteiger partial charge >= 0.3 is 0 Å². The number of sulfonamides is 1. The number of fused-ring (bicyclic) bond motifs is 8. The monoisotopic (exact) mass is 866 g/mol. The molecule has 0 spiro atoms. The number of carbonyl (C=O) groups excluding carboxylic acids is 1. The molecule has 6 rings (SSSR count). The summed E-state index contributed by atoms with van der Waals surface area (Å²) in [4.78, 5) is 11.1. The van der Waals surface area contributed by atoms with Crippen LogP contribution in [0.5, 0.6) is 23.0 Å². The summed E-state index contributed by atoms with van der Waals surface area (Å²) in [7, 11) is -14.2. The maximum Gasteiger partial charge on any atom is 0.294 e. The SMILES string of the molecule is CCCCCNC(=O)c1ccc(S(=O)(=O)Nc2cc3c(O)c(c2)Cc2cc(S(=O)(=O)O)cc(c2O)Cc2cc(C)cc(c2O)Cc2cc(S(=O)(=O)O)cc(c2O)C3)cc1. The largest absolute Gasteiger partial charge is 0.507 e. The maximum atomic E-state index is 13.7. The van der Waals surface area contributed by atoms with Crippen LogP contribution < -0.4 is 10.0 Å². The molecule has 5 aromatic carbocycles. The van der Waals surface area contributed by atoms with Crippen LogP contribution in [0, 0.1) is 6.92 Å². The zero-order valence-corrected chi connectivity index (χ0v) is 34.3. The van der Waals surface area contributed by atoms with E-state index >= 15 is 0 Å². The molecular formula is C41H42N2O13S3. The minimum Gasteiger partial charge on any atom is -0.507 e. The Hall–Kier alpha value is -5.66. The van der Waals surface area contributed by atoms with Gasteiger partial charge in [-0.1, -0.05) is 37.5 Å². The van der Waals surface area contributed by atoms with Crippen molar-refractivity contribution in [3.63, 3.8) is 0 Å². The molecule has 0 aliphatic heterocycles. The van der Waals surface area contributed by atoms with Crippen molar-refractivity contribution < 1.29 is 59.6 Å². The van der Waals surface area contributed by atoms with Gasteiger partial charge in [0.2, 0.25) is 0 Å². The second kappa shape index (κ2) is 16.5. The summed E-state index contributed by atoms with van der Waals surface area (Å²) >= 11 is 0. The molecule has 59 heavy (non-hydrogen) atoms. The van der Waals surface area contributed by atoms with Crippen molar-refractivity contribution in [3.05, 3.63) is 128 Å². The summed E-state index contributed by atoms with van der Waals surface area (Å²) in [6.07, 6.45) is 1.17. The van der Waals surface area contributed by atoms with Gasteiger partial charge in [-0.15, -0.1) is 0 Å². The molecule has 15 nitrogen and oxygen atoms in total. The Labute approximate surface area is 341 Å². The number of phenols is 4. The van der Waals surface area contributed by atoms with Crippen molar-refractivity contribution in [1.29, 1.82) is 0 Å². The Balaban J connectivity index is 1.52. The summed E-state index contributed by atoms with van der Waals surface area (Å²) in [6, 6.07) is 14.7. The lowest BCUT2D eigenvalue weighted by molar-refractivity contribution is 0.0952. The van der Waals surface area contributed by atoms with E-state index in [0.717, 1.165) is 43.5 Å². The van der Waals surface area contributed by atoms with Crippen molar-refractivity contribution >= 4 is 41.9 Å². The van der Waals surface area contributed by atoms with Crippen molar-refractivity contribution in [2.45, 2.75) is 73.5 Å². The molecule has 312 valence electrons. The number of amides is 1. The molecule has 18 heteroatoms. The molecule has 8 N–H and O–H groups in total. The first-order valence-corrected chi connectivity index (χ1v) is 22.7. The van der Waals surface area contributed by atoms with Crippen LogP contribution in [0.15, 0.2) is 87.5 Å². The number of benzene rings is 5.